The summed E-state index contributed by atoms with van der Waals surface area (Å²) in [5, 5.41) is 23.5. The summed E-state index contributed by atoms with van der Waals surface area (Å²) in [4.78, 5) is 32.3. The van der Waals surface area contributed by atoms with Gasteiger partial charge in [0, 0.05) is 49.8 Å². The zero-order valence-electron chi connectivity index (χ0n) is 23.3. The molecule has 1 fully saturated rings. The third-order valence-corrected chi connectivity index (χ3v) is 6.42. The van der Waals surface area contributed by atoms with E-state index in [-0.39, 0.29) is 24.5 Å². The van der Waals surface area contributed by atoms with Crippen LogP contribution in [0.3, 0.4) is 0 Å². The van der Waals surface area contributed by atoms with Crippen LogP contribution in [0.25, 0.3) is 5.65 Å². The number of aromatic nitrogens is 3. The number of aliphatic hydroxyl groups is 1. The van der Waals surface area contributed by atoms with Gasteiger partial charge in [-0.25, -0.2) is 14.6 Å². The van der Waals surface area contributed by atoms with Crippen molar-refractivity contribution in [2.45, 2.75) is 83.5 Å². The number of anilines is 1. The monoisotopic (exact) mass is 529 g/mol. The van der Waals surface area contributed by atoms with Crippen molar-refractivity contribution in [3.63, 3.8) is 0 Å². The Morgan fingerprint density at radius 1 is 1.11 bits per heavy atom. The molecule has 0 aliphatic carbocycles. The molecule has 2 aromatic rings. The van der Waals surface area contributed by atoms with E-state index in [0.29, 0.717) is 43.1 Å². The number of rotatable bonds is 4. The van der Waals surface area contributed by atoms with Crippen molar-refractivity contribution < 1.29 is 24.2 Å². The predicted molar refractivity (Wildman–Crippen MR) is 142 cm³/mol. The first kappa shape index (κ1) is 27.6. The SMILES string of the molecule is CN1CC(c2cnn3c(NC(=O)OC(C)(C)C)cc([C@H]4CC[C@@H](CO)N(C(=O)OC(C)(C)C)C4)nc23)C=N1. The fourth-order valence-electron chi connectivity index (χ4n) is 4.72. The number of fused-ring (bicyclic) bond motifs is 1. The Balaban J connectivity index is 1.71. The molecular formula is C26H39N7O5. The second kappa shape index (κ2) is 10.4. The van der Waals surface area contributed by atoms with Gasteiger partial charge >= 0.3 is 12.2 Å². The molecule has 0 spiro atoms. The number of likely N-dealkylation sites (tertiary alicyclic amines) is 1. The second-order valence-corrected chi connectivity index (χ2v) is 12.0. The molecule has 0 aromatic carbocycles. The molecule has 0 bridgehead atoms. The Kier molecular flexibility index (Phi) is 7.55. The summed E-state index contributed by atoms with van der Waals surface area (Å²) < 4.78 is 12.7. The summed E-state index contributed by atoms with van der Waals surface area (Å²) >= 11 is 0. The van der Waals surface area contributed by atoms with Crippen LogP contribution in [-0.2, 0) is 9.47 Å². The minimum Gasteiger partial charge on any atom is -0.444 e. The summed E-state index contributed by atoms with van der Waals surface area (Å²) in [6, 6.07) is 1.44. The van der Waals surface area contributed by atoms with Crippen molar-refractivity contribution in [3.8, 4) is 0 Å². The van der Waals surface area contributed by atoms with Crippen molar-refractivity contribution in [1.29, 1.82) is 0 Å². The van der Waals surface area contributed by atoms with Crippen LogP contribution in [0.4, 0.5) is 15.4 Å². The van der Waals surface area contributed by atoms with Gasteiger partial charge in [-0.3, -0.25) is 10.3 Å². The van der Waals surface area contributed by atoms with Crippen LogP contribution in [0.5, 0.6) is 0 Å². The van der Waals surface area contributed by atoms with E-state index in [1.165, 1.54) is 0 Å². The van der Waals surface area contributed by atoms with Gasteiger partial charge in [-0.15, -0.1) is 0 Å². The summed E-state index contributed by atoms with van der Waals surface area (Å²) in [6.07, 6.45) is 3.84. The average molecular weight is 530 g/mol. The number of hydrogen-bond donors (Lipinski definition) is 2. The topological polar surface area (TPSA) is 134 Å². The van der Waals surface area contributed by atoms with Gasteiger partial charge in [0.25, 0.3) is 0 Å². The maximum absolute atomic E-state index is 13.0. The number of hydrogen-bond acceptors (Lipinski definition) is 9. The first-order valence-corrected chi connectivity index (χ1v) is 13.0. The number of nitrogens with zero attached hydrogens (tertiary/aromatic N) is 6. The van der Waals surface area contributed by atoms with E-state index in [2.05, 4.69) is 15.5 Å². The van der Waals surface area contributed by atoms with Crippen molar-refractivity contribution in [3.05, 3.63) is 23.5 Å². The van der Waals surface area contributed by atoms with E-state index in [0.717, 1.165) is 5.56 Å². The molecule has 38 heavy (non-hydrogen) atoms. The van der Waals surface area contributed by atoms with E-state index >= 15 is 0 Å². The fraction of sp³-hybridized carbons (Fsp3) is 0.654. The highest BCUT2D eigenvalue weighted by Gasteiger charge is 2.36. The molecule has 208 valence electrons. The van der Waals surface area contributed by atoms with E-state index < -0.39 is 23.4 Å². The Hall–Kier alpha value is -3.41. The summed E-state index contributed by atoms with van der Waals surface area (Å²) in [6.45, 7) is 11.7. The lowest BCUT2D eigenvalue weighted by Gasteiger charge is -2.39. The maximum atomic E-state index is 13.0. The third-order valence-electron chi connectivity index (χ3n) is 6.42. The van der Waals surface area contributed by atoms with E-state index in [4.69, 9.17) is 14.5 Å². The Labute approximate surface area is 223 Å². The number of piperidine rings is 1. The lowest BCUT2D eigenvalue weighted by molar-refractivity contribution is -0.00119. The number of likely N-dealkylation sites (N-methyl/N-ethyl adjacent to an activating group) is 1. The normalized spacial score (nSPS) is 22.2. The number of nitrogens with one attached hydrogen (secondary N) is 1. The van der Waals surface area contributed by atoms with Gasteiger partial charge in [-0.1, -0.05) is 0 Å². The van der Waals surface area contributed by atoms with Gasteiger partial charge in [0.2, 0.25) is 0 Å². The highest BCUT2D eigenvalue weighted by Crippen LogP contribution is 2.33. The molecule has 1 unspecified atom stereocenters. The average Bonchev–Trinajstić information content (AvgIpc) is 3.42. The lowest BCUT2D eigenvalue weighted by Crippen LogP contribution is -2.49. The molecule has 2 aliphatic heterocycles. The molecule has 4 heterocycles. The van der Waals surface area contributed by atoms with Crippen LogP contribution in [-0.4, -0.2) is 92.0 Å². The van der Waals surface area contributed by atoms with Gasteiger partial charge in [0.05, 0.1) is 24.5 Å². The minimum atomic E-state index is -0.671. The number of carbonyl (C=O) groups is 2. The standard InChI is InChI=1S/C26H39N7O5/c1-25(2,3)37-23(35)30-21-10-20(29-22-19(12-28-33(21)22)17-11-27-31(7)13-17)16-8-9-18(15-34)32(14-16)24(36)38-26(4,5)6/h10-12,16-18,34H,8-9,13-15H2,1-7H3,(H,30,35)/t16-,17?,18-/m0/s1. The van der Waals surface area contributed by atoms with Gasteiger partial charge < -0.3 is 19.5 Å². The molecule has 1 saturated heterocycles. The molecule has 2 aromatic heterocycles. The number of aliphatic hydroxyl groups excluding tert-OH is 1. The molecule has 12 nitrogen and oxygen atoms in total. The first-order chi connectivity index (χ1) is 17.7. The summed E-state index contributed by atoms with van der Waals surface area (Å²) in [5.41, 5.74) is 0.872. The summed E-state index contributed by atoms with van der Waals surface area (Å²) in [7, 11) is 1.90. The fourth-order valence-corrected chi connectivity index (χ4v) is 4.72. The van der Waals surface area contributed by atoms with Gasteiger partial charge in [0.15, 0.2) is 5.65 Å². The van der Waals surface area contributed by atoms with E-state index in [1.807, 2.05) is 39.0 Å². The van der Waals surface area contributed by atoms with Crippen molar-refractivity contribution in [2.24, 2.45) is 5.10 Å². The molecule has 2 aliphatic rings. The smallest absolute Gasteiger partial charge is 0.413 e. The highest BCUT2D eigenvalue weighted by molar-refractivity contribution is 5.84. The van der Waals surface area contributed by atoms with Crippen LogP contribution < -0.4 is 5.32 Å². The van der Waals surface area contributed by atoms with Crippen molar-refractivity contribution in [1.82, 2.24) is 24.5 Å². The molecule has 0 saturated carbocycles. The first-order valence-electron chi connectivity index (χ1n) is 13.0. The minimum absolute atomic E-state index is 0.00184. The zero-order valence-corrected chi connectivity index (χ0v) is 23.3. The van der Waals surface area contributed by atoms with Crippen LogP contribution in [0, 0.1) is 0 Å². The van der Waals surface area contributed by atoms with Gasteiger partial charge in [-0.2, -0.15) is 14.7 Å². The Bertz CT molecular complexity index is 1210. The molecule has 4 rings (SSSR count). The van der Waals surface area contributed by atoms with E-state index in [1.54, 1.807) is 42.4 Å². The predicted octanol–water partition coefficient (Wildman–Crippen LogP) is 3.57. The maximum Gasteiger partial charge on any atom is 0.413 e. The van der Waals surface area contributed by atoms with Crippen LogP contribution in [0.2, 0.25) is 0 Å². The number of hydrazone groups is 1. The Morgan fingerprint density at radius 3 is 2.42 bits per heavy atom. The zero-order chi connectivity index (χ0) is 27.8. The number of carbonyl (C=O) groups excluding carboxylic acids is 2. The molecule has 2 amide bonds. The molecule has 12 heteroatoms. The highest BCUT2D eigenvalue weighted by atomic mass is 16.6. The van der Waals surface area contributed by atoms with Crippen LogP contribution in [0.1, 0.15) is 77.5 Å². The number of ether oxygens (including phenoxy) is 2. The lowest BCUT2D eigenvalue weighted by atomic mass is 9.90. The Morgan fingerprint density at radius 2 is 1.82 bits per heavy atom. The third kappa shape index (κ3) is 6.35. The van der Waals surface area contributed by atoms with Crippen LogP contribution >= 0.6 is 0 Å². The molecular weight excluding hydrogens is 490 g/mol. The van der Waals surface area contributed by atoms with Crippen molar-refractivity contribution in [2.75, 3.05) is 32.1 Å². The molecule has 2 N–H and O–H groups in total. The van der Waals surface area contributed by atoms with Crippen LogP contribution in [0.15, 0.2) is 17.4 Å². The van der Waals surface area contributed by atoms with Crippen molar-refractivity contribution >= 4 is 29.9 Å². The van der Waals surface area contributed by atoms with Gasteiger partial charge in [0.1, 0.15) is 17.0 Å². The summed E-state index contributed by atoms with van der Waals surface area (Å²) in [5.74, 6) is 0.275. The second-order valence-electron chi connectivity index (χ2n) is 12.0. The molecule has 3 atom stereocenters. The number of amides is 2. The van der Waals surface area contributed by atoms with Gasteiger partial charge in [-0.05, 0) is 54.4 Å². The quantitative estimate of drug-likeness (QED) is 0.614. The van der Waals surface area contributed by atoms with E-state index in [9.17, 15) is 14.7 Å². The molecule has 0 radical (unpaired) electrons. The largest absolute Gasteiger partial charge is 0.444 e.